The second-order valence-corrected chi connectivity index (χ2v) is 9.28. The number of allylic oxidation sites excluding steroid dienone is 1. The van der Waals surface area contributed by atoms with Crippen molar-refractivity contribution in [3.63, 3.8) is 0 Å². The molecule has 0 aromatic rings. The Bertz CT molecular complexity index is 143. The molecule has 0 heterocycles. The Hall–Kier alpha value is 0.992. The van der Waals surface area contributed by atoms with Crippen molar-refractivity contribution in [2.24, 2.45) is 0 Å². The molecular weight excluding hydrogens is 329 g/mol. The predicted molar refractivity (Wildman–Crippen MR) is 72.5 cm³/mol. The maximum Gasteiger partial charge on any atom is 2.00 e. The van der Waals surface area contributed by atoms with Crippen molar-refractivity contribution in [3.05, 3.63) is 19.6 Å². The first kappa shape index (κ1) is 25.7. The summed E-state index contributed by atoms with van der Waals surface area (Å²) in [6, 6.07) is 0. The van der Waals surface area contributed by atoms with Crippen molar-refractivity contribution < 1.29 is 32.8 Å². The Morgan fingerprint density at radius 2 is 1.25 bits per heavy atom. The monoisotopic (exact) mass is 356 g/mol. The van der Waals surface area contributed by atoms with Crippen molar-refractivity contribution >= 4 is 7.92 Å². The summed E-state index contributed by atoms with van der Waals surface area (Å²) < 4.78 is 0. The quantitative estimate of drug-likeness (QED) is 0.403. The molecule has 0 atom stereocenters. The molecule has 0 bridgehead atoms. The molecule has 3 heteroatoms. The molecule has 0 N–H and O–H groups in total. The molecule has 0 fully saturated rings. The van der Waals surface area contributed by atoms with Crippen LogP contribution in [0.25, 0.3) is 0 Å². The standard InChI is InChI=1S/C10H23P.C3H5.ClH.Pd/c1-8(2)11(9(3)4)10(5,6)7;1-3-2;;/h8-9H,1-7H3;3H,1-2H2;1H;/q;-1;;+2/p-1. The predicted octanol–water partition coefficient (Wildman–Crippen LogP) is 2.09. The third kappa shape index (κ3) is 13.1. The van der Waals surface area contributed by atoms with Crippen molar-refractivity contribution in [3.8, 4) is 0 Å². The molecule has 0 saturated carbocycles. The van der Waals surface area contributed by atoms with Crippen LogP contribution in [0, 0.1) is 6.92 Å². The van der Waals surface area contributed by atoms with E-state index in [1.807, 2.05) is 0 Å². The third-order valence-electron chi connectivity index (χ3n) is 1.89. The van der Waals surface area contributed by atoms with Gasteiger partial charge in [-0.25, -0.2) is 19.6 Å². The van der Waals surface area contributed by atoms with E-state index in [9.17, 15) is 0 Å². The second-order valence-electron chi connectivity index (χ2n) is 5.05. The van der Waals surface area contributed by atoms with Gasteiger partial charge in [-0.05, 0) is 16.5 Å². The van der Waals surface area contributed by atoms with Crippen molar-refractivity contribution in [2.45, 2.75) is 64.9 Å². The van der Waals surface area contributed by atoms with E-state index in [-0.39, 0.29) is 40.8 Å². The minimum atomic E-state index is 0. The fourth-order valence-corrected chi connectivity index (χ4v) is 6.44. The average Bonchev–Trinajstić information content (AvgIpc) is 1.81. The molecule has 0 spiro atoms. The van der Waals surface area contributed by atoms with Crippen LogP contribution in [0.5, 0.6) is 0 Å². The van der Waals surface area contributed by atoms with Gasteiger partial charge in [0.25, 0.3) is 0 Å². The second kappa shape index (κ2) is 12.4. The maximum atomic E-state index is 3.25. The number of hydrogen-bond donors (Lipinski definition) is 0. The van der Waals surface area contributed by atoms with Crippen LogP contribution in [0.1, 0.15) is 48.5 Å². The fraction of sp³-hybridized carbons (Fsp3) is 0.769. The summed E-state index contributed by atoms with van der Waals surface area (Å²) in [6.45, 7) is 23.1. The number of halogens is 1. The molecule has 0 radical (unpaired) electrons. The minimum Gasteiger partial charge on any atom is -1.00 e. The Kier molecular flexibility index (Phi) is 20.0. The summed E-state index contributed by atoms with van der Waals surface area (Å²) in [5, 5.41) is 0.525. The van der Waals surface area contributed by atoms with Gasteiger partial charge in [-0.15, -0.1) is 0 Å². The van der Waals surface area contributed by atoms with Crippen molar-refractivity contribution in [1.82, 2.24) is 0 Å². The summed E-state index contributed by atoms with van der Waals surface area (Å²) in [6.07, 6.45) is 1.50. The van der Waals surface area contributed by atoms with E-state index in [0.717, 1.165) is 11.3 Å². The van der Waals surface area contributed by atoms with E-state index in [2.05, 4.69) is 62.0 Å². The molecule has 0 nitrogen and oxygen atoms in total. The van der Waals surface area contributed by atoms with E-state index < -0.39 is 0 Å². The van der Waals surface area contributed by atoms with Gasteiger partial charge in [0.2, 0.25) is 0 Å². The molecule has 0 aromatic heterocycles. The molecule has 0 aliphatic heterocycles. The first-order valence-corrected chi connectivity index (χ1v) is 6.85. The number of hydrogen-bond acceptors (Lipinski definition) is 0. The zero-order valence-corrected chi connectivity index (χ0v) is 15.0. The van der Waals surface area contributed by atoms with E-state index >= 15 is 0 Å². The van der Waals surface area contributed by atoms with Crippen molar-refractivity contribution in [1.29, 1.82) is 0 Å². The van der Waals surface area contributed by atoms with Crippen LogP contribution in [0.3, 0.4) is 0 Å². The Morgan fingerprint density at radius 1 is 1.06 bits per heavy atom. The van der Waals surface area contributed by atoms with Crippen LogP contribution in [0.4, 0.5) is 0 Å². The molecule has 0 aliphatic carbocycles. The summed E-state index contributed by atoms with van der Waals surface area (Å²) in [7, 11) is 0.180. The van der Waals surface area contributed by atoms with Gasteiger partial charge >= 0.3 is 20.4 Å². The molecule has 0 saturated heterocycles. The first-order valence-electron chi connectivity index (χ1n) is 5.37. The van der Waals surface area contributed by atoms with Gasteiger partial charge in [0.15, 0.2) is 0 Å². The normalized spacial score (nSPS) is 10.1. The molecule has 0 rings (SSSR count). The largest absolute Gasteiger partial charge is 2.00 e. The molecule has 102 valence electrons. The van der Waals surface area contributed by atoms with Crippen LogP contribution in [0.15, 0.2) is 12.7 Å². The summed E-state index contributed by atoms with van der Waals surface area (Å²) >= 11 is 0. The van der Waals surface area contributed by atoms with E-state index in [0.29, 0.717) is 5.16 Å². The molecular formula is C13H28ClPPd. The van der Waals surface area contributed by atoms with Gasteiger partial charge in [-0.2, -0.15) is 0 Å². The maximum absolute atomic E-state index is 3.25. The van der Waals surface area contributed by atoms with Gasteiger partial charge in [0.05, 0.1) is 0 Å². The summed E-state index contributed by atoms with van der Waals surface area (Å²) in [5.74, 6) is 0. The van der Waals surface area contributed by atoms with E-state index in [1.165, 1.54) is 6.08 Å². The molecule has 0 unspecified atom stereocenters. The fourth-order valence-electron chi connectivity index (χ4n) is 2.15. The van der Waals surface area contributed by atoms with Gasteiger partial charge in [-0.1, -0.05) is 56.4 Å². The van der Waals surface area contributed by atoms with Gasteiger partial charge in [-0.3, -0.25) is 0 Å². The Labute approximate surface area is 125 Å². The average molecular weight is 357 g/mol. The Morgan fingerprint density at radius 3 is 1.25 bits per heavy atom. The smallest absolute Gasteiger partial charge is 1.00 e. The van der Waals surface area contributed by atoms with Crippen LogP contribution >= 0.6 is 7.92 Å². The van der Waals surface area contributed by atoms with Crippen LogP contribution in [0.2, 0.25) is 0 Å². The first-order chi connectivity index (χ1) is 6.18. The molecule has 0 amide bonds. The zero-order chi connectivity index (χ0) is 11.9. The molecule has 16 heavy (non-hydrogen) atoms. The zero-order valence-electron chi connectivity index (χ0n) is 11.8. The van der Waals surface area contributed by atoms with Gasteiger partial charge in [0.1, 0.15) is 0 Å². The summed E-state index contributed by atoms with van der Waals surface area (Å²) in [4.78, 5) is 0. The number of rotatable bonds is 2. The van der Waals surface area contributed by atoms with Crippen LogP contribution in [-0.2, 0) is 20.4 Å². The minimum absolute atomic E-state index is 0. The topological polar surface area (TPSA) is 0 Å². The van der Waals surface area contributed by atoms with Gasteiger partial charge in [0, 0.05) is 0 Å². The van der Waals surface area contributed by atoms with Crippen molar-refractivity contribution in [2.75, 3.05) is 0 Å². The van der Waals surface area contributed by atoms with E-state index in [1.54, 1.807) is 0 Å². The van der Waals surface area contributed by atoms with Crippen LogP contribution in [-0.4, -0.2) is 16.5 Å². The summed E-state index contributed by atoms with van der Waals surface area (Å²) in [5.41, 5.74) is 1.73. The van der Waals surface area contributed by atoms with Gasteiger partial charge < -0.3 is 12.4 Å². The van der Waals surface area contributed by atoms with Crippen LogP contribution < -0.4 is 12.4 Å². The SMILES string of the molecule is C=C[CH2-].CC(C)P(C(C)C)C(C)(C)C.[Cl-].[Pd+2]. The Balaban J connectivity index is -0.000000129. The molecule has 0 aromatic carbocycles. The molecule has 0 aliphatic rings. The van der Waals surface area contributed by atoms with E-state index in [4.69, 9.17) is 0 Å². The third-order valence-corrected chi connectivity index (χ3v) is 5.66.